The molecule has 2 rings (SSSR count). The van der Waals surface area contributed by atoms with E-state index in [0.717, 1.165) is 13.2 Å². The lowest BCUT2D eigenvalue weighted by atomic mass is 9.64. The maximum Gasteiger partial charge on any atom is 0.0545 e. The topological polar surface area (TPSA) is 47.3 Å². The Morgan fingerprint density at radius 2 is 1.82 bits per heavy atom. The van der Waals surface area contributed by atoms with Crippen molar-refractivity contribution in [1.82, 2.24) is 5.43 Å². The largest absolute Gasteiger partial charge is 0.380 e. The predicted octanol–water partition coefficient (Wildman–Crippen LogP) is 0.472. The van der Waals surface area contributed by atoms with Crippen LogP contribution in [0.4, 0.5) is 0 Å². The summed E-state index contributed by atoms with van der Waals surface area (Å²) in [6, 6.07) is 0.564. The van der Waals surface area contributed by atoms with Gasteiger partial charge in [-0.05, 0) is 12.8 Å². The first-order chi connectivity index (χ1) is 4.35. The number of nitrogens with two attached hydrogens (primary N) is 1. The third-order valence-electron chi connectivity index (χ3n) is 2.41. The fourth-order valence-electron chi connectivity index (χ4n) is 1.73. The van der Waals surface area contributed by atoms with E-state index < -0.39 is 0 Å². The van der Waals surface area contributed by atoms with Crippen LogP contribution in [-0.4, -0.2) is 19.3 Å². The van der Waals surface area contributed by atoms with Crippen molar-refractivity contribution in [2.75, 3.05) is 13.2 Å². The monoisotopic (exact) mass is 200 g/mol. The Balaban J connectivity index is 0.000000500. The van der Waals surface area contributed by atoms with E-state index in [9.17, 15) is 0 Å². The van der Waals surface area contributed by atoms with Crippen molar-refractivity contribution in [3.05, 3.63) is 0 Å². The van der Waals surface area contributed by atoms with E-state index >= 15 is 0 Å². The first kappa shape index (κ1) is 11.5. The SMILES string of the molecule is Cl.Cl.NNC1CC2(COC2)C1. The van der Waals surface area contributed by atoms with E-state index in [1.54, 1.807) is 0 Å². The zero-order valence-corrected chi connectivity index (χ0v) is 7.84. The molecule has 0 unspecified atom stereocenters. The Labute approximate surface area is 78.8 Å². The molecule has 0 bridgehead atoms. The van der Waals surface area contributed by atoms with Gasteiger partial charge in [-0.1, -0.05) is 0 Å². The predicted molar refractivity (Wildman–Crippen MR) is 48.1 cm³/mol. The lowest BCUT2D eigenvalue weighted by molar-refractivity contribution is -0.167. The van der Waals surface area contributed by atoms with Gasteiger partial charge in [-0.25, -0.2) is 0 Å². The average molecular weight is 201 g/mol. The van der Waals surface area contributed by atoms with Gasteiger partial charge >= 0.3 is 0 Å². The lowest BCUT2D eigenvalue weighted by Crippen LogP contribution is -2.59. The number of hydrogen-bond acceptors (Lipinski definition) is 3. The molecule has 1 saturated heterocycles. The van der Waals surface area contributed by atoms with Gasteiger partial charge in [0, 0.05) is 11.5 Å². The van der Waals surface area contributed by atoms with Crippen LogP contribution in [-0.2, 0) is 4.74 Å². The number of hydrogen-bond donors (Lipinski definition) is 2. The maximum absolute atomic E-state index is 5.24. The van der Waals surface area contributed by atoms with Crippen LogP contribution in [0.5, 0.6) is 0 Å². The first-order valence-electron chi connectivity index (χ1n) is 3.39. The summed E-state index contributed by atoms with van der Waals surface area (Å²) >= 11 is 0. The van der Waals surface area contributed by atoms with Gasteiger partial charge < -0.3 is 4.74 Å². The van der Waals surface area contributed by atoms with Gasteiger partial charge in [0.1, 0.15) is 0 Å². The molecule has 2 aliphatic rings. The normalized spacial score (nSPS) is 25.9. The number of hydrazine groups is 1. The van der Waals surface area contributed by atoms with Crippen LogP contribution in [0.25, 0.3) is 0 Å². The van der Waals surface area contributed by atoms with Crippen molar-refractivity contribution in [3.8, 4) is 0 Å². The molecule has 5 heteroatoms. The molecular formula is C6H14Cl2N2O. The number of rotatable bonds is 1. The van der Waals surface area contributed by atoms with E-state index in [0.29, 0.717) is 11.5 Å². The molecule has 1 aliphatic heterocycles. The number of nitrogens with one attached hydrogen (secondary N) is 1. The molecule has 1 spiro atoms. The lowest BCUT2D eigenvalue weighted by Gasteiger charge is -2.52. The number of halogens is 2. The van der Waals surface area contributed by atoms with Gasteiger partial charge in [-0.2, -0.15) is 0 Å². The Morgan fingerprint density at radius 3 is 2.09 bits per heavy atom. The Kier molecular flexibility index (Phi) is 4.08. The zero-order chi connectivity index (χ0) is 6.32. The molecule has 0 aromatic carbocycles. The zero-order valence-electron chi connectivity index (χ0n) is 6.21. The Hall–Kier alpha value is 0.460. The van der Waals surface area contributed by atoms with Gasteiger partial charge in [-0.15, -0.1) is 24.8 Å². The molecule has 0 radical (unpaired) electrons. The summed E-state index contributed by atoms with van der Waals surface area (Å²) in [6.07, 6.45) is 2.42. The summed E-state index contributed by atoms with van der Waals surface area (Å²) in [5, 5.41) is 0. The van der Waals surface area contributed by atoms with Crippen LogP contribution < -0.4 is 11.3 Å². The highest BCUT2D eigenvalue weighted by molar-refractivity contribution is 5.85. The van der Waals surface area contributed by atoms with Gasteiger partial charge in [-0.3, -0.25) is 11.3 Å². The third kappa shape index (κ3) is 1.79. The molecule has 2 fully saturated rings. The second kappa shape index (κ2) is 3.92. The van der Waals surface area contributed by atoms with Crippen molar-refractivity contribution in [2.45, 2.75) is 18.9 Å². The second-order valence-electron chi connectivity index (χ2n) is 3.26. The van der Waals surface area contributed by atoms with Crippen LogP contribution in [0.3, 0.4) is 0 Å². The minimum absolute atomic E-state index is 0. The first-order valence-corrected chi connectivity index (χ1v) is 3.39. The van der Waals surface area contributed by atoms with Crippen LogP contribution in [0.2, 0.25) is 0 Å². The fraction of sp³-hybridized carbons (Fsp3) is 1.00. The quantitative estimate of drug-likeness (QED) is 0.479. The van der Waals surface area contributed by atoms with Gasteiger partial charge in [0.2, 0.25) is 0 Å². The van der Waals surface area contributed by atoms with Crippen molar-refractivity contribution in [1.29, 1.82) is 0 Å². The van der Waals surface area contributed by atoms with E-state index in [4.69, 9.17) is 10.6 Å². The van der Waals surface area contributed by atoms with Crippen molar-refractivity contribution < 1.29 is 4.74 Å². The molecule has 11 heavy (non-hydrogen) atoms. The van der Waals surface area contributed by atoms with Crippen molar-refractivity contribution in [2.24, 2.45) is 11.3 Å². The standard InChI is InChI=1S/C6H12N2O.2ClH/c7-8-5-1-6(2-5)3-9-4-6;;/h5,8H,1-4,7H2;2*1H. The molecule has 0 aromatic rings. The highest BCUT2D eigenvalue weighted by Crippen LogP contribution is 2.46. The van der Waals surface area contributed by atoms with E-state index in [2.05, 4.69) is 5.43 Å². The van der Waals surface area contributed by atoms with Crippen molar-refractivity contribution >= 4 is 24.8 Å². The van der Waals surface area contributed by atoms with Gasteiger partial charge in [0.25, 0.3) is 0 Å². The molecule has 1 heterocycles. The molecule has 0 amide bonds. The van der Waals surface area contributed by atoms with E-state index in [-0.39, 0.29) is 24.8 Å². The molecular weight excluding hydrogens is 187 g/mol. The third-order valence-corrected chi connectivity index (χ3v) is 2.41. The highest BCUT2D eigenvalue weighted by Gasteiger charge is 2.49. The Morgan fingerprint density at radius 1 is 1.27 bits per heavy atom. The van der Waals surface area contributed by atoms with Crippen LogP contribution in [0.15, 0.2) is 0 Å². The molecule has 1 aliphatic carbocycles. The summed E-state index contributed by atoms with van der Waals surface area (Å²) in [5.41, 5.74) is 3.32. The van der Waals surface area contributed by atoms with Crippen LogP contribution in [0, 0.1) is 5.41 Å². The molecule has 0 atom stereocenters. The molecule has 3 N–H and O–H groups in total. The van der Waals surface area contributed by atoms with Gasteiger partial charge in [0.15, 0.2) is 0 Å². The summed E-state index contributed by atoms with van der Waals surface area (Å²) < 4.78 is 5.10. The molecule has 1 saturated carbocycles. The van der Waals surface area contributed by atoms with E-state index in [1.165, 1.54) is 12.8 Å². The summed E-state index contributed by atoms with van der Waals surface area (Å²) in [6.45, 7) is 1.93. The summed E-state index contributed by atoms with van der Waals surface area (Å²) in [5.74, 6) is 5.24. The average Bonchev–Trinajstić information content (AvgIpc) is 1.59. The maximum atomic E-state index is 5.24. The fourth-order valence-corrected chi connectivity index (χ4v) is 1.73. The van der Waals surface area contributed by atoms with E-state index in [1.807, 2.05) is 0 Å². The minimum atomic E-state index is 0. The second-order valence-corrected chi connectivity index (χ2v) is 3.26. The highest BCUT2D eigenvalue weighted by atomic mass is 35.5. The minimum Gasteiger partial charge on any atom is -0.380 e. The van der Waals surface area contributed by atoms with Crippen LogP contribution in [0.1, 0.15) is 12.8 Å². The van der Waals surface area contributed by atoms with Crippen LogP contribution >= 0.6 is 24.8 Å². The Bertz CT molecular complexity index is 122. The van der Waals surface area contributed by atoms with Crippen molar-refractivity contribution in [3.63, 3.8) is 0 Å². The smallest absolute Gasteiger partial charge is 0.0545 e. The summed E-state index contributed by atoms with van der Waals surface area (Å²) in [7, 11) is 0. The molecule has 0 aromatic heterocycles. The summed E-state index contributed by atoms with van der Waals surface area (Å²) in [4.78, 5) is 0. The number of ether oxygens (including phenoxy) is 1. The van der Waals surface area contributed by atoms with Gasteiger partial charge in [0.05, 0.1) is 13.2 Å². The molecule has 68 valence electrons. The molecule has 3 nitrogen and oxygen atoms in total.